The van der Waals surface area contributed by atoms with Gasteiger partial charge in [-0.25, -0.2) is 0 Å². The van der Waals surface area contributed by atoms with E-state index in [-0.39, 0.29) is 16.7 Å². The quantitative estimate of drug-likeness (QED) is 0.225. The molecule has 5 rings (SSSR count). The third-order valence-corrected chi connectivity index (χ3v) is 6.42. The summed E-state index contributed by atoms with van der Waals surface area (Å²) in [5.74, 6) is -1.53. The number of carbonyl (C=O) groups is 2. The molecule has 170 valence electrons. The van der Waals surface area contributed by atoms with Crippen molar-refractivity contribution in [3.8, 4) is 0 Å². The van der Waals surface area contributed by atoms with E-state index >= 15 is 0 Å². The van der Waals surface area contributed by atoms with Gasteiger partial charge >= 0.3 is 0 Å². The maximum Gasteiger partial charge on any atom is 0.300 e. The average molecular weight is 451 g/mol. The number of amides is 1. The standard InChI is InChI=1S/C29H26N2O3/c1-29(2,3)19-13-15-20(16-14-19)31-25(18-9-5-4-6-10-18)24(27(33)28(31)34)26(32)22-17-30-23-12-8-7-11-21(22)23/h4-17,25,30,32H,1-3H3/b26-24-. The number of hydrogen-bond acceptors (Lipinski definition) is 3. The van der Waals surface area contributed by atoms with Crippen molar-refractivity contribution in [1.82, 2.24) is 4.98 Å². The number of anilines is 1. The van der Waals surface area contributed by atoms with Crippen molar-refractivity contribution < 1.29 is 14.7 Å². The molecule has 0 saturated carbocycles. The first-order chi connectivity index (χ1) is 16.3. The molecule has 5 nitrogen and oxygen atoms in total. The number of Topliss-reactive ketones (excluding diaryl/α,β-unsaturated/α-hetero) is 1. The number of rotatable bonds is 3. The highest BCUT2D eigenvalue weighted by Gasteiger charge is 2.47. The van der Waals surface area contributed by atoms with E-state index in [1.165, 1.54) is 4.90 Å². The molecule has 1 amide bonds. The summed E-state index contributed by atoms with van der Waals surface area (Å²) in [4.78, 5) is 31.3. The predicted octanol–water partition coefficient (Wildman–Crippen LogP) is 6.09. The van der Waals surface area contributed by atoms with Crippen LogP contribution in [0.5, 0.6) is 0 Å². The fraction of sp³-hybridized carbons (Fsp3) is 0.172. The molecule has 1 aromatic heterocycles. The summed E-state index contributed by atoms with van der Waals surface area (Å²) in [6.07, 6.45) is 1.67. The molecule has 2 heterocycles. The Labute approximate surface area is 198 Å². The first-order valence-corrected chi connectivity index (χ1v) is 11.3. The molecule has 1 fully saturated rings. The molecule has 0 spiro atoms. The van der Waals surface area contributed by atoms with Gasteiger partial charge in [-0.05, 0) is 34.7 Å². The molecule has 5 heteroatoms. The van der Waals surface area contributed by atoms with Crippen molar-refractivity contribution >= 4 is 34.0 Å². The molecular formula is C29H26N2O3. The van der Waals surface area contributed by atoms with Crippen LogP contribution in [0.2, 0.25) is 0 Å². The molecule has 1 saturated heterocycles. The van der Waals surface area contributed by atoms with Crippen LogP contribution in [0.1, 0.15) is 43.5 Å². The largest absolute Gasteiger partial charge is 0.507 e. The lowest BCUT2D eigenvalue weighted by molar-refractivity contribution is -0.132. The lowest BCUT2D eigenvalue weighted by Crippen LogP contribution is -2.29. The second kappa shape index (κ2) is 8.03. The van der Waals surface area contributed by atoms with Gasteiger partial charge in [0.2, 0.25) is 0 Å². The van der Waals surface area contributed by atoms with Gasteiger partial charge in [-0.1, -0.05) is 81.4 Å². The smallest absolute Gasteiger partial charge is 0.300 e. The van der Waals surface area contributed by atoms with Gasteiger partial charge in [0.05, 0.1) is 11.6 Å². The number of hydrogen-bond donors (Lipinski definition) is 2. The van der Waals surface area contributed by atoms with Crippen LogP contribution in [0.25, 0.3) is 16.7 Å². The van der Waals surface area contributed by atoms with Gasteiger partial charge < -0.3 is 10.1 Å². The Kier molecular flexibility index (Phi) is 5.13. The normalized spacial score (nSPS) is 18.1. The summed E-state index contributed by atoms with van der Waals surface area (Å²) in [6, 6.07) is 23.9. The van der Waals surface area contributed by atoms with Crippen LogP contribution < -0.4 is 4.90 Å². The SMILES string of the molecule is CC(C)(C)c1ccc(N2C(=O)C(=O)/C(=C(\O)c3c[nH]c4ccccc34)C2c2ccccc2)cc1. The number of fused-ring (bicyclic) bond motifs is 1. The monoisotopic (exact) mass is 450 g/mol. The number of aliphatic hydroxyl groups is 1. The van der Waals surface area contributed by atoms with Gasteiger partial charge in [-0.15, -0.1) is 0 Å². The zero-order valence-corrected chi connectivity index (χ0v) is 19.4. The second-order valence-corrected chi connectivity index (χ2v) is 9.62. The molecule has 0 bridgehead atoms. The number of nitrogens with one attached hydrogen (secondary N) is 1. The minimum absolute atomic E-state index is 0.0408. The number of carbonyl (C=O) groups excluding carboxylic acids is 2. The molecule has 3 aromatic carbocycles. The highest BCUT2D eigenvalue weighted by Crippen LogP contribution is 2.43. The first-order valence-electron chi connectivity index (χ1n) is 11.3. The first kappa shape index (κ1) is 21.7. The zero-order valence-electron chi connectivity index (χ0n) is 19.4. The van der Waals surface area contributed by atoms with Gasteiger partial charge in [-0.3, -0.25) is 14.5 Å². The molecule has 1 unspecified atom stereocenters. The third-order valence-electron chi connectivity index (χ3n) is 6.42. The number of aliphatic hydroxyl groups excluding tert-OH is 1. The maximum atomic E-state index is 13.4. The molecule has 1 aliphatic rings. The minimum Gasteiger partial charge on any atom is -0.507 e. The Morgan fingerprint density at radius 1 is 0.882 bits per heavy atom. The van der Waals surface area contributed by atoms with Crippen molar-refractivity contribution in [2.24, 2.45) is 0 Å². The third kappa shape index (κ3) is 3.50. The number of para-hydroxylation sites is 1. The lowest BCUT2D eigenvalue weighted by atomic mass is 9.87. The fourth-order valence-electron chi connectivity index (χ4n) is 4.58. The van der Waals surface area contributed by atoms with E-state index in [9.17, 15) is 14.7 Å². The van der Waals surface area contributed by atoms with E-state index in [1.54, 1.807) is 6.20 Å². The van der Waals surface area contributed by atoms with Crippen molar-refractivity contribution in [2.75, 3.05) is 4.90 Å². The molecule has 1 atom stereocenters. The number of aromatic amines is 1. The van der Waals surface area contributed by atoms with E-state index < -0.39 is 17.7 Å². The van der Waals surface area contributed by atoms with Gasteiger partial charge in [0.1, 0.15) is 5.76 Å². The van der Waals surface area contributed by atoms with Crippen LogP contribution >= 0.6 is 0 Å². The highest BCUT2D eigenvalue weighted by atomic mass is 16.3. The molecule has 4 aromatic rings. The van der Waals surface area contributed by atoms with Crippen LogP contribution in [-0.4, -0.2) is 21.8 Å². The second-order valence-electron chi connectivity index (χ2n) is 9.62. The molecule has 0 aliphatic carbocycles. The number of ketones is 1. The number of aromatic nitrogens is 1. The van der Waals surface area contributed by atoms with E-state index in [2.05, 4.69) is 25.8 Å². The highest BCUT2D eigenvalue weighted by molar-refractivity contribution is 6.51. The molecular weight excluding hydrogens is 424 g/mol. The van der Waals surface area contributed by atoms with E-state index in [4.69, 9.17) is 0 Å². The van der Waals surface area contributed by atoms with Gasteiger partial charge in [0, 0.05) is 28.4 Å². The van der Waals surface area contributed by atoms with Crippen molar-refractivity contribution in [1.29, 1.82) is 0 Å². The zero-order chi connectivity index (χ0) is 24.0. The van der Waals surface area contributed by atoms with Crippen molar-refractivity contribution in [3.63, 3.8) is 0 Å². The fourth-order valence-corrected chi connectivity index (χ4v) is 4.58. The Hall–Kier alpha value is -4.12. The Morgan fingerprint density at radius 2 is 1.53 bits per heavy atom. The predicted molar refractivity (Wildman–Crippen MR) is 135 cm³/mol. The van der Waals surface area contributed by atoms with Gasteiger partial charge in [-0.2, -0.15) is 0 Å². The molecule has 34 heavy (non-hydrogen) atoms. The van der Waals surface area contributed by atoms with Crippen LogP contribution in [0.3, 0.4) is 0 Å². The summed E-state index contributed by atoms with van der Waals surface area (Å²) in [5, 5.41) is 12.2. The van der Waals surface area contributed by atoms with Crippen molar-refractivity contribution in [2.45, 2.75) is 32.2 Å². The van der Waals surface area contributed by atoms with Crippen LogP contribution in [0.15, 0.2) is 90.6 Å². The number of nitrogens with zero attached hydrogens (tertiary/aromatic N) is 1. The van der Waals surface area contributed by atoms with Crippen LogP contribution in [-0.2, 0) is 15.0 Å². The van der Waals surface area contributed by atoms with Gasteiger partial charge in [0.15, 0.2) is 0 Å². The molecule has 2 N–H and O–H groups in total. The summed E-state index contributed by atoms with van der Waals surface area (Å²) in [7, 11) is 0. The van der Waals surface area contributed by atoms with E-state index in [0.29, 0.717) is 11.3 Å². The number of H-pyrrole nitrogens is 1. The van der Waals surface area contributed by atoms with Crippen LogP contribution in [0, 0.1) is 0 Å². The van der Waals surface area contributed by atoms with E-state index in [1.807, 2.05) is 78.9 Å². The maximum absolute atomic E-state index is 13.4. The summed E-state index contributed by atoms with van der Waals surface area (Å²) in [6.45, 7) is 6.37. The van der Waals surface area contributed by atoms with E-state index in [0.717, 1.165) is 22.0 Å². The molecule has 0 radical (unpaired) electrons. The summed E-state index contributed by atoms with van der Waals surface area (Å²) < 4.78 is 0. The minimum atomic E-state index is -0.740. The Morgan fingerprint density at radius 3 is 2.21 bits per heavy atom. The van der Waals surface area contributed by atoms with Gasteiger partial charge in [0.25, 0.3) is 11.7 Å². The summed E-state index contributed by atoms with van der Waals surface area (Å²) >= 11 is 0. The number of benzene rings is 3. The molecule has 1 aliphatic heterocycles. The van der Waals surface area contributed by atoms with Crippen LogP contribution in [0.4, 0.5) is 5.69 Å². The van der Waals surface area contributed by atoms with Crippen molar-refractivity contribution in [3.05, 3.63) is 107 Å². The Balaban J connectivity index is 1.70. The Bertz CT molecular complexity index is 1420. The lowest BCUT2D eigenvalue weighted by Gasteiger charge is -2.26. The topological polar surface area (TPSA) is 73.4 Å². The summed E-state index contributed by atoms with van der Waals surface area (Å²) in [5.41, 5.74) is 3.87. The average Bonchev–Trinajstić information content (AvgIpc) is 3.38.